The van der Waals surface area contributed by atoms with Crippen LogP contribution in [0.15, 0.2) is 17.6 Å². The van der Waals surface area contributed by atoms with Crippen molar-refractivity contribution in [2.45, 2.75) is 57.9 Å². The number of aryl methyl sites for hydroxylation is 2. The molecule has 1 aromatic carbocycles. The molecule has 0 heterocycles. The van der Waals surface area contributed by atoms with Crippen molar-refractivity contribution in [3.63, 3.8) is 0 Å². The van der Waals surface area contributed by atoms with Crippen molar-refractivity contribution in [1.29, 1.82) is 0 Å². The SMILES string of the molecule is CN(C)C(C)(C)/C=C/S(=O)(=O)[N-]C(=O)Nc1c2c(cc3c1CCC3)CCC2.[Na+]. The van der Waals surface area contributed by atoms with E-state index in [0.717, 1.165) is 60.7 Å². The summed E-state index contributed by atoms with van der Waals surface area (Å²) in [5, 5.41) is 3.80. The summed E-state index contributed by atoms with van der Waals surface area (Å²) < 4.78 is 27.9. The van der Waals surface area contributed by atoms with Crippen molar-refractivity contribution in [3.05, 3.63) is 44.5 Å². The van der Waals surface area contributed by atoms with Gasteiger partial charge in [-0.1, -0.05) is 12.1 Å². The molecule has 0 aromatic heterocycles. The first kappa shape index (κ1) is 23.4. The summed E-state index contributed by atoms with van der Waals surface area (Å²) in [7, 11) is -0.273. The number of sulfonamides is 1. The standard InChI is InChI=1S/C20H29N3O3S.Na/c1-20(2,23(3)4)11-12-27(25,26)22-19(24)21-18-16-9-5-7-14(16)13-15-8-6-10-17(15)18;/h11-13H,5-10H2,1-4H3,(H2,21,22,24);/q;+1/p-1/b12-11+;. The minimum absolute atomic E-state index is 0. The molecule has 2 aliphatic carbocycles. The number of carbonyl (C=O) groups excluding carboxylic acids is 1. The van der Waals surface area contributed by atoms with Crippen molar-refractivity contribution < 1.29 is 42.8 Å². The Morgan fingerprint density at radius 1 is 1.11 bits per heavy atom. The summed E-state index contributed by atoms with van der Waals surface area (Å²) in [6.45, 7) is 3.77. The van der Waals surface area contributed by atoms with E-state index in [9.17, 15) is 13.2 Å². The van der Waals surface area contributed by atoms with Gasteiger partial charge in [0, 0.05) is 10.9 Å². The molecule has 2 amide bonds. The summed E-state index contributed by atoms with van der Waals surface area (Å²) in [6.07, 6.45) is 7.55. The summed E-state index contributed by atoms with van der Waals surface area (Å²) in [5.74, 6) is 0. The average Bonchev–Trinajstić information content (AvgIpc) is 3.21. The molecule has 8 heteroatoms. The number of nitrogens with zero attached hydrogens (tertiary/aromatic N) is 2. The molecule has 0 unspecified atom stereocenters. The Labute approximate surface area is 190 Å². The number of hydrogen-bond acceptors (Lipinski definition) is 4. The molecular formula is C20H28N3NaO3S. The molecule has 3 rings (SSSR count). The molecule has 0 spiro atoms. The maximum atomic E-state index is 12.4. The van der Waals surface area contributed by atoms with Gasteiger partial charge >= 0.3 is 29.6 Å². The van der Waals surface area contributed by atoms with Crippen LogP contribution in [0.2, 0.25) is 0 Å². The van der Waals surface area contributed by atoms with Gasteiger partial charge in [0.15, 0.2) is 16.1 Å². The minimum atomic E-state index is -3.99. The van der Waals surface area contributed by atoms with Gasteiger partial charge in [0.2, 0.25) is 0 Å². The second-order valence-electron chi connectivity index (χ2n) is 8.12. The van der Waals surface area contributed by atoms with E-state index in [2.05, 4.69) is 16.1 Å². The second-order valence-corrected chi connectivity index (χ2v) is 9.61. The number of amides is 2. The molecule has 0 saturated carbocycles. The van der Waals surface area contributed by atoms with Crippen molar-refractivity contribution in [2.75, 3.05) is 19.4 Å². The van der Waals surface area contributed by atoms with Gasteiger partial charge in [-0.3, -0.25) is 4.79 Å². The topological polar surface area (TPSA) is 80.6 Å². The van der Waals surface area contributed by atoms with E-state index >= 15 is 0 Å². The fourth-order valence-electron chi connectivity index (χ4n) is 3.64. The molecule has 6 nitrogen and oxygen atoms in total. The number of benzene rings is 1. The Kier molecular flexibility index (Phi) is 7.42. The van der Waals surface area contributed by atoms with E-state index in [1.54, 1.807) is 0 Å². The maximum absolute atomic E-state index is 12.4. The van der Waals surface area contributed by atoms with Crippen LogP contribution in [0.25, 0.3) is 4.72 Å². The van der Waals surface area contributed by atoms with Gasteiger partial charge in [-0.15, -0.1) is 0 Å². The number of rotatable bonds is 5. The normalized spacial score (nSPS) is 16.0. The van der Waals surface area contributed by atoms with Crippen LogP contribution < -0.4 is 34.9 Å². The van der Waals surface area contributed by atoms with Crippen molar-refractivity contribution in [3.8, 4) is 0 Å². The van der Waals surface area contributed by atoms with Crippen LogP contribution in [0, 0.1) is 0 Å². The first-order valence-corrected chi connectivity index (χ1v) is 10.9. The van der Waals surface area contributed by atoms with Crippen molar-refractivity contribution in [2.24, 2.45) is 0 Å². The van der Waals surface area contributed by atoms with Gasteiger partial charge in [0.1, 0.15) is 0 Å². The largest absolute Gasteiger partial charge is 1.00 e. The van der Waals surface area contributed by atoms with Gasteiger partial charge < -0.3 is 14.9 Å². The second kappa shape index (κ2) is 8.88. The van der Waals surface area contributed by atoms with E-state index in [4.69, 9.17) is 0 Å². The minimum Gasteiger partial charge on any atom is -0.423 e. The van der Waals surface area contributed by atoms with Crippen LogP contribution in [0.5, 0.6) is 0 Å². The van der Waals surface area contributed by atoms with E-state index in [0.29, 0.717) is 0 Å². The van der Waals surface area contributed by atoms with Gasteiger partial charge in [0.25, 0.3) is 0 Å². The van der Waals surface area contributed by atoms with Crippen LogP contribution in [0.4, 0.5) is 10.5 Å². The molecular weight excluding hydrogens is 385 g/mol. The van der Waals surface area contributed by atoms with Crippen LogP contribution in [0.3, 0.4) is 0 Å². The van der Waals surface area contributed by atoms with Gasteiger partial charge in [0.05, 0.1) is 0 Å². The molecule has 0 bridgehead atoms. The summed E-state index contributed by atoms with van der Waals surface area (Å²) in [5.41, 5.74) is 5.21. The van der Waals surface area contributed by atoms with E-state index in [1.165, 1.54) is 17.2 Å². The molecule has 1 aromatic rings. The first-order valence-electron chi connectivity index (χ1n) is 9.41. The number of hydrogen-bond donors (Lipinski definition) is 1. The van der Waals surface area contributed by atoms with E-state index in [1.807, 2.05) is 32.8 Å². The molecule has 1 N–H and O–H groups in total. The quantitative estimate of drug-likeness (QED) is 0.723. The first-order chi connectivity index (χ1) is 12.6. The molecule has 0 atom stereocenters. The summed E-state index contributed by atoms with van der Waals surface area (Å²) in [4.78, 5) is 14.3. The van der Waals surface area contributed by atoms with Crippen LogP contribution in [-0.4, -0.2) is 39.0 Å². The Bertz CT molecular complexity index is 860. The summed E-state index contributed by atoms with van der Waals surface area (Å²) in [6, 6.07) is 1.44. The zero-order valence-corrected chi connectivity index (χ0v) is 20.3. The van der Waals surface area contributed by atoms with Gasteiger partial charge in [-0.2, -0.15) is 0 Å². The van der Waals surface area contributed by atoms with Gasteiger partial charge in [-0.05, 0) is 94.4 Å². The Morgan fingerprint density at radius 3 is 2.14 bits per heavy atom. The van der Waals surface area contributed by atoms with Crippen LogP contribution >= 0.6 is 0 Å². The third-order valence-electron chi connectivity index (χ3n) is 5.72. The molecule has 0 saturated heterocycles. The third-order valence-corrected chi connectivity index (χ3v) is 6.62. The third kappa shape index (κ3) is 5.19. The Balaban J connectivity index is 0.00000280. The van der Waals surface area contributed by atoms with Crippen molar-refractivity contribution >= 4 is 21.7 Å². The monoisotopic (exact) mass is 413 g/mol. The Hall–Kier alpha value is -0.860. The number of carbonyl (C=O) groups is 1. The fourth-order valence-corrected chi connectivity index (χ4v) is 4.49. The molecule has 28 heavy (non-hydrogen) atoms. The molecule has 0 aliphatic heterocycles. The van der Waals surface area contributed by atoms with Crippen LogP contribution in [0.1, 0.15) is 48.9 Å². The molecule has 0 radical (unpaired) electrons. The average molecular weight is 414 g/mol. The number of urea groups is 1. The number of fused-ring (bicyclic) bond motifs is 2. The predicted octanol–water partition coefficient (Wildman–Crippen LogP) is 0.757. The molecule has 2 aliphatic rings. The van der Waals surface area contributed by atoms with E-state index in [-0.39, 0.29) is 29.6 Å². The van der Waals surface area contributed by atoms with E-state index < -0.39 is 21.6 Å². The Morgan fingerprint density at radius 2 is 1.64 bits per heavy atom. The number of nitrogens with one attached hydrogen (secondary N) is 1. The summed E-state index contributed by atoms with van der Waals surface area (Å²) >= 11 is 0. The zero-order valence-electron chi connectivity index (χ0n) is 17.5. The molecule has 0 fully saturated rings. The fraction of sp³-hybridized carbons (Fsp3) is 0.550. The predicted molar refractivity (Wildman–Crippen MR) is 109 cm³/mol. The van der Waals surface area contributed by atoms with Crippen LogP contribution in [-0.2, 0) is 35.7 Å². The smallest absolute Gasteiger partial charge is 0.423 e. The van der Waals surface area contributed by atoms with Gasteiger partial charge in [-0.25, -0.2) is 8.42 Å². The zero-order chi connectivity index (χ0) is 19.8. The number of anilines is 1. The van der Waals surface area contributed by atoms with Crippen molar-refractivity contribution in [1.82, 2.24) is 4.90 Å². The maximum Gasteiger partial charge on any atom is 1.00 e. The number of likely N-dealkylation sites (N-methyl/N-ethyl adjacent to an activating group) is 1. The molecule has 148 valence electrons.